The van der Waals surface area contributed by atoms with Crippen molar-refractivity contribution in [3.05, 3.63) is 29.8 Å². The van der Waals surface area contributed by atoms with Crippen LogP contribution in [0, 0.1) is 0 Å². The fourth-order valence-corrected chi connectivity index (χ4v) is 2.72. The number of Topliss-reactive ketones (excluding diaryl/α,β-unsaturated/α-hetero) is 1. The van der Waals surface area contributed by atoms with Gasteiger partial charge in [0.15, 0.2) is 5.78 Å². The standard InChI is InChI=1S/C15H18N2O3/c18-14-10-4-1-2-6-13(10)20-9-7-11(14)17-15(19)12-5-3-8-16-12/h1-2,4,6,11-12,16H,3,5,7-9H2,(H,17,19). The number of benzene rings is 1. The fourth-order valence-electron chi connectivity index (χ4n) is 2.72. The maximum atomic E-state index is 12.5. The topological polar surface area (TPSA) is 67.4 Å². The lowest BCUT2D eigenvalue weighted by Gasteiger charge is -2.17. The Kier molecular flexibility index (Phi) is 3.69. The zero-order valence-electron chi connectivity index (χ0n) is 11.2. The highest BCUT2D eigenvalue weighted by molar-refractivity contribution is 6.04. The lowest BCUT2D eigenvalue weighted by Crippen LogP contribution is -2.48. The normalized spacial score (nSPS) is 25.5. The van der Waals surface area contributed by atoms with E-state index in [0.717, 1.165) is 19.4 Å². The molecule has 2 N–H and O–H groups in total. The Balaban J connectivity index is 1.74. The van der Waals surface area contributed by atoms with E-state index in [4.69, 9.17) is 4.74 Å². The number of carbonyl (C=O) groups excluding carboxylic acids is 2. The second-order valence-electron chi connectivity index (χ2n) is 5.21. The quantitative estimate of drug-likeness (QED) is 0.840. The number of hydrogen-bond acceptors (Lipinski definition) is 4. The number of ether oxygens (including phenoxy) is 1. The molecule has 1 saturated heterocycles. The van der Waals surface area contributed by atoms with Crippen molar-refractivity contribution in [3.8, 4) is 5.75 Å². The van der Waals surface area contributed by atoms with Crippen molar-refractivity contribution < 1.29 is 14.3 Å². The van der Waals surface area contributed by atoms with Crippen LogP contribution < -0.4 is 15.4 Å². The van der Waals surface area contributed by atoms with Crippen molar-refractivity contribution in [2.24, 2.45) is 0 Å². The zero-order valence-corrected chi connectivity index (χ0v) is 11.2. The molecule has 0 bridgehead atoms. The summed E-state index contributed by atoms with van der Waals surface area (Å²) in [4.78, 5) is 24.6. The first kappa shape index (κ1) is 13.1. The summed E-state index contributed by atoms with van der Waals surface area (Å²) in [5.74, 6) is 0.456. The first-order valence-corrected chi connectivity index (χ1v) is 7.05. The van der Waals surface area contributed by atoms with E-state index in [9.17, 15) is 9.59 Å². The summed E-state index contributed by atoms with van der Waals surface area (Å²) in [7, 11) is 0. The van der Waals surface area contributed by atoms with Gasteiger partial charge in [0.25, 0.3) is 0 Å². The molecule has 0 saturated carbocycles. The third kappa shape index (κ3) is 2.54. The summed E-state index contributed by atoms with van der Waals surface area (Å²) in [5, 5.41) is 6.00. The van der Waals surface area contributed by atoms with Gasteiger partial charge in [0.2, 0.25) is 5.91 Å². The van der Waals surface area contributed by atoms with Crippen LogP contribution in [0.15, 0.2) is 24.3 Å². The third-order valence-electron chi connectivity index (χ3n) is 3.83. The van der Waals surface area contributed by atoms with Gasteiger partial charge in [-0.2, -0.15) is 0 Å². The minimum absolute atomic E-state index is 0.0653. The molecule has 5 nitrogen and oxygen atoms in total. The van der Waals surface area contributed by atoms with E-state index in [1.54, 1.807) is 12.1 Å². The van der Waals surface area contributed by atoms with E-state index in [1.807, 2.05) is 12.1 Å². The van der Waals surface area contributed by atoms with E-state index < -0.39 is 6.04 Å². The molecular formula is C15H18N2O3. The maximum absolute atomic E-state index is 12.5. The average molecular weight is 274 g/mol. The summed E-state index contributed by atoms with van der Waals surface area (Å²) in [6, 6.07) is 6.53. The number of carbonyl (C=O) groups is 2. The molecule has 2 aliphatic rings. The van der Waals surface area contributed by atoms with Gasteiger partial charge in [-0.25, -0.2) is 0 Å². The lowest BCUT2D eigenvalue weighted by atomic mass is 10.0. The molecule has 2 aliphatic heterocycles. The molecule has 1 aromatic carbocycles. The van der Waals surface area contributed by atoms with E-state index in [1.165, 1.54) is 0 Å². The van der Waals surface area contributed by atoms with Gasteiger partial charge < -0.3 is 15.4 Å². The minimum atomic E-state index is -0.492. The molecule has 2 unspecified atom stereocenters. The lowest BCUT2D eigenvalue weighted by molar-refractivity contribution is -0.123. The predicted octanol–water partition coefficient (Wildman–Crippen LogP) is 0.889. The van der Waals surface area contributed by atoms with Gasteiger partial charge in [-0.15, -0.1) is 0 Å². The molecule has 1 fully saturated rings. The van der Waals surface area contributed by atoms with Gasteiger partial charge in [-0.3, -0.25) is 9.59 Å². The molecule has 2 heterocycles. The van der Waals surface area contributed by atoms with Gasteiger partial charge in [0.1, 0.15) is 5.75 Å². The van der Waals surface area contributed by atoms with Crippen molar-refractivity contribution in [2.45, 2.75) is 31.3 Å². The molecule has 0 aliphatic carbocycles. The average Bonchev–Trinajstić information content (AvgIpc) is 2.95. The Morgan fingerprint density at radius 3 is 2.95 bits per heavy atom. The van der Waals surface area contributed by atoms with Gasteiger partial charge in [-0.1, -0.05) is 12.1 Å². The van der Waals surface area contributed by atoms with Crippen LogP contribution >= 0.6 is 0 Å². The number of fused-ring (bicyclic) bond motifs is 1. The van der Waals surface area contributed by atoms with E-state index in [-0.39, 0.29) is 17.7 Å². The van der Waals surface area contributed by atoms with Crippen LogP contribution in [0.1, 0.15) is 29.6 Å². The molecule has 3 rings (SSSR count). The number of para-hydroxylation sites is 1. The Labute approximate surface area is 117 Å². The van der Waals surface area contributed by atoms with Crippen LogP contribution in [0.3, 0.4) is 0 Å². The summed E-state index contributed by atoms with van der Waals surface area (Å²) in [6.45, 7) is 1.30. The van der Waals surface area contributed by atoms with E-state index in [0.29, 0.717) is 24.3 Å². The monoisotopic (exact) mass is 274 g/mol. The Hall–Kier alpha value is -1.88. The first-order valence-electron chi connectivity index (χ1n) is 7.05. The van der Waals surface area contributed by atoms with Crippen LogP contribution in [-0.2, 0) is 4.79 Å². The highest BCUT2D eigenvalue weighted by Gasteiger charge is 2.30. The molecule has 1 amide bonds. The third-order valence-corrected chi connectivity index (χ3v) is 3.83. The van der Waals surface area contributed by atoms with Gasteiger partial charge in [-0.05, 0) is 31.5 Å². The second-order valence-corrected chi connectivity index (χ2v) is 5.21. The van der Waals surface area contributed by atoms with Crippen molar-refractivity contribution in [1.29, 1.82) is 0 Å². The summed E-state index contributed by atoms with van der Waals surface area (Å²) < 4.78 is 5.57. The van der Waals surface area contributed by atoms with Gasteiger partial charge >= 0.3 is 0 Å². The molecule has 0 aromatic heterocycles. The first-order chi connectivity index (χ1) is 9.75. The van der Waals surface area contributed by atoms with Crippen LogP contribution in [0.2, 0.25) is 0 Å². The zero-order chi connectivity index (χ0) is 13.9. The minimum Gasteiger partial charge on any atom is -0.493 e. The number of amides is 1. The smallest absolute Gasteiger partial charge is 0.237 e. The Morgan fingerprint density at radius 1 is 1.30 bits per heavy atom. The summed E-state index contributed by atoms with van der Waals surface area (Å²) >= 11 is 0. The van der Waals surface area contributed by atoms with Crippen LogP contribution in [0.4, 0.5) is 0 Å². The van der Waals surface area contributed by atoms with Crippen LogP contribution in [-0.4, -0.2) is 36.9 Å². The number of rotatable bonds is 2. The highest BCUT2D eigenvalue weighted by Crippen LogP contribution is 2.23. The largest absolute Gasteiger partial charge is 0.493 e. The molecule has 0 spiro atoms. The molecule has 20 heavy (non-hydrogen) atoms. The molecule has 2 atom stereocenters. The van der Waals surface area contributed by atoms with Crippen molar-refractivity contribution >= 4 is 11.7 Å². The number of nitrogens with one attached hydrogen (secondary N) is 2. The van der Waals surface area contributed by atoms with Crippen LogP contribution in [0.25, 0.3) is 0 Å². The van der Waals surface area contributed by atoms with E-state index >= 15 is 0 Å². The molecule has 5 heteroatoms. The molecule has 1 aromatic rings. The van der Waals surface area contributed by atoms with Crippen molar-refractivity contribution in [2.75, 3.05) is 13.2 Å². The Morgan fingerprint density at radius 2 is 2.15 bits per heavy atom. The van der Waals surface area contributed by atoms with Gasteiger partial charge in [0.05, 0.1) is 24.3 Å². The maximum Gasteiger partial charge on any atom is 0.237 e. The van der Waals surface area contributed by atoms with Crippen molar-refractivity contribution in [1.82, 2.24) is 10.6 Å². The fraction of sp³-hybridized carbons (Fsp3) is 0.467. The SMILES string of the molecule is O=C(NC1CCOc2ccccc2C1=O)C1CCCN1. The molecule has 106 valence electrons. The number of ketones is 1. The summed E-state index contributed by atoms with van der Waals surface area (Å²) in [5.41, 5.74) is 0.551. The second kappa shape index (κ2) is 5.63. The summed E-state index contributed by atoms with van der Waals surface area (Å²) in [6.07, 6.45) is 2.34. The van der Waals surface area contributed by atoms with Crippen LogP contribution in [0.5, 0.6) is 5.75 Å². The van der Waals surface area contributed by atoms with Gasteiger partial charge in [0, 0.05) is 6.42 Å². The van der Waals surface area contributed by atoms with E-state index in [2.05, 4.69) is 10.6 Å². The molecule has 0 radical (unpaired) electrons. The highest BCUT2D eigenvalue weighted by atomic mass is 16.5. The molecular weight excluding hydrogens is 256 g/mol. The Bertz CT molecular complexity index is 524. The predicted molar refractivity (Wildman–Crippen MR) is 73.8 cm³/mol. The van der Waals surface area contributed by atoms with Crippen molar-refractivity contribution in [3.63, 3.8) is 0 Å². The number of hydrogen-bond donors (Lipinski definition) is 2.